The molecule has 0 spiro atoms. The Labute approximate surface area is 209 Å². The second kappa shape index (κ2) is 12.6. The van der Waals surface area contributed by atoms with Crippen LogP contribution in [0, 0.1) is 5.92 Å². The molecule has 192 valence electrons. The van der Waals surface area contributed by atoms with Crippen molar-refractivity contribution < 1.29 is 29.0 Å². The largest absolute Gasteiger partial charge is 0.460 e. The number of hydrazine groups is 1. The summed E-state index contributed by atoms with van der Waals surface area (Å²) in [5, 5.41) is 17.4. The number of esters is 1. The van der Waals surface area contributed by atoms with Crippen molar-refractivity contribution in [2.24, 2.45) is 5.92 Å². The Hall–Kier alpha value is -1.04. The van der Waals surface area contributed by atoms with Crippen LogP contribution in [0.1, 0.15) is 54.4 Å². The van der Waals surface area contributed by atoms with Gasteiger partial charge in [0.15, 0.2) is 0 Å². The van der Waals surface area contributed by atoms with Crippen LogP contribution in [-0.2, 0) is 19.1 Å². The summed E-state index contributed by atoms with van der Waals surface area (Å²) in [5.41, 5.74) is 2.19. The molecule has 4 atom stereocenters. The number of ether oxygens (including phenoxy) is 2. The van der Waals surface area contributed by atoms with Crippen LogP contribution >= 0.6 is 34.8 Å². The lowest BCUT2D eigenvalue weighted by atomic mass is 10.0. The van der Waals surface area contributed by atoms with Crippen LogP contribution in [0.2, 0.25) is 0 Å². The number of carbonyl (C=O) groups excluding carboxylic acids is 3. The van der Waals surface area contributed by atoms with Gasteiger partial charge in [-0.25, -0.2) is 15.2 Å². The van der Waals surface area contributed by atoms with Crippen molar-refractivity contribution in [3.8, 4) is 0 Å². The van der Waals surface area contributed by atoms with Crippen molar-refractivity contribution >= 4 is 52.8 Å². The molecule has 4 N–H and O–H groups in total. The summed E-state index contributed by atoms with van der Waals surface area (Å²) >= 11 is 16.8. The maximum Gasteiger partial charge on any atom is 0.408 e. The number of nitrogens with zero attached hydrogens (tertiary/aromatic N) is 1. The van der Waals surface area contributed by atoms with Crippen LogP contribution in [0.25, 0.3) is 0 Å². The van der Waals surface area contributed by atoms with Crippen LogP contribution in [0.15, 0.2) is 0 Å². The van der Waals surface area contributed by atoms with E-state index in [4.69, 9.17) is 44.3 Å². The summed E-state index contributed by atoms with van der Waals surface area (Å²) in [6, 6.07) is -2.34. The van der Waals surface area contributed by atoms with Gasteiger partial charge in [-0.05, 0) is 46.5 Å². The number of alkyl carbamates (subject to hydrolysis) is 1. The lowest BCUT2D eigenvalue weighted by Gasteiger charge is -2.38. The highest BCUT2D eigenvalue weighted by Crippen LogP contribution is 2.26. The molecule has 10 nitrogen and oxygen atoms in total. The van der Waals surface area contributed by atoms with Crippen molar-refractivity contribution in [1.82, 2.24) is 21.1 Å². The van der Waals surface area contributed by atoms with Gasteiger partial charge >= 0.3 is 12.1 Å². The van der Waals surface area contributed by atoms with Gasteiger partial charge in [0.05, 0.1) is 6.04 Å². The number of rotatable bonds is 8. The molecular formula is C20H35Cl3N4O6. The number of amides is 2. The van der Waals surface area contributed by atoms with Crippen LogP contribution in [-0.4, -0.2) is 75.0 Å². The smallest absolute Gasteiger partial charge is 0.408 e. The molecule has 33 heavy (non-hydrogen) atoms. The number of aliphatic hydroxyl groups excluding tert-OH is 1. The maximum atomic E-state index is 12.8. The van der Waals surface area contributed by atoms with Crippen LogP contribution < -0.4 is 16.1 Å². The summed E-state index contributed by atoms with van der Waals surface area (Å²) in [4.78, 5) is 37.1. The quantitative estimate of drug-likeness (QED) is 0.276. The fourth-order valence-electron chi connectivity index (χ4n) is 3.06. The topological polar surface area (TPSA) is 129 Å². The minimum atomic E-state index is -1.72. The molecule has 0 radical (unpaired) electrons. The van der Waals surface area contributed by atoms with Crippen molar-refractivity contribution in [2.75, 3.05) is 13.2 Å². The molecule has 0 aromatic rings. The van der Waals surface area contributed by atoms with E-state index in [9.17, 15) is 19.5 Å². The number of hydrogen-bond acceptors (Lipinski definition) is 8. The molecule has 0 aromatic carbocycles. The zero-order chi connectivity index (χ0) is 25.6. The predicted octanol–water partition coefficient (Wildman–Crippen LogP) is 2.24. The first-order valence-electron chi connectivity index (χ1n) is 10.7. The number of hydrogen-bond donors (Lipinski definition) is 4. The van der Waals surface area contributed by atoms with E-state index in [-0.39, 0.29) is 5.92 Å². The third-order valence-corrected chi connectivity index (χ3v) is 4.96. The van der Waals surface area contributed by atoms with Crippen LogP contribution in [0.5, 0.6) is 0 Å². The Balaban J connectivity index is 2.68. The van der Waals surface area contributed by atoms with E-state index in [1.807, 2.05) is 0 Å². The molecule has 1 aliphatic rings. The molecule has 1 saturated heterocycles. The minimum absolute atomic E-state index is 0.230. The summed E-state index contributed by atoms with van der Waals surface area (Å²) < 4.78 is 8.51. The van der Waals surface area contributed by atoms with E-state index < -0.39 is 58.3 Å². The summed E-state index contributed by atoms with van der Waals surface area (Å²) in [6.45, 7) is 10.4. The van der Waals surface area contributed by atoms with Gasteiger partial charge in [-0.1, -0.05) is 48.7 Å². The molecule has 1 rings (SSSR count). The third-order valence-electron chi connectivity index (χ3n) is 4.63. The molecule has 1 unspecified atom stereocenters. The molecule has 0 bridgehead atoms. The molecule has 1 aliphatic heterocycles. The standard InChI is InChI=1S/C20H35Cl3N4O6/c1-11(2)14(25-18(31)33-19(4,5)6)15(28)24-12(3)16(29)27-9-7-8-13(26-27)17(30)32-10-20(21,22)23/h11-14,16,26,29H,7-10H2,1-6H3,(H,24,28)(H,25,31)/t12-,13-,14-,16?/m0/s1. The average Bonchev–Trinajstić information content (AvgIpc) is 2.67. The van der Waals surface area contributed by atoms with Crippen LogP contribution in [0.3, 0.4) is 0 Å². The van der Waals surface area contributed by atoms with Crippen molar-refractivity contribution in [3.63, 3.8) is 0 Å². The SMILES string of the molecule is CC(C)[C@H](NC(=O)OC(C)(C)C)C(=O)N[C@@H](C)C(O)N1CCC[C@@H](C(=O)OCC(Cl)(Cl)Cl)N1. The molecule has 1 fully saturated rings. The van der Waals surface area contributed by atoms with E-state index >= 15 is 0 Å². The second-order valence-electron chi connectivity index (χ2n) is 9.32. The van der Waals surface area contributed by atoms with Gasteiger partial charge in [0, 0.05) is 6.54 Å². The van der Waals surface area contributed by atoms with E-state index in [1.54, 1.807) is 41.5 Å². The Morgan fingerprint density at radius 2 is 1.76 bits per heavy atom. The number of carbonyl (C=O) groups is 3. The average molecular weight is 534 g/mol. The lowest BCUT2D eigenvalue weighted by Crippen LogP contribution is -2.63. The Bertz CT molecular complexity index is 684. The fraction of sp³-hybridized carbons (Fsp3) is 0.850. The zero-order valence-corrected chi connectivity index (χ0v) is 22.1. The number of aliphatic hydroxyl groups is 1. The minimum Gasteiger partial charge on any atom is -0.460 e. The van der Waals surface area contributed by atoms with E-state index in [0.717, 1.165) is 0 Å². The Morgan fingerprint density at radius 1 is 1.15 bits per heavy atom. The number of nitrogens with one attached hydrogen (secondary N) is 3. The van der Waals surface area contributed by atoms with Gasteiger partial charge in [0.1, 0.15) is 30.5 Å². The van der Waals surface area contributed by atoms with Gasteiger partial charge in [-0.15, -0.1) is 0 Å². The van der Waals surface area contributed by atoms with Crippen molar-refractivity contribution in [2.45, 2.75) is 88.1 Å². The zero-order valence-electron chi connectivity index (χ0n) is 19.8. The third kappa shape index (κ3) is 11.3. The van der Waals surface area contributed by atoms with Gasteiger partial charge < -0.3 is 25.2 Å². The van der Waals surface area contributed by atoms with E-state index in [1.165, 1.54) is 5.01 Å². The number of halogens is 3. The number of alkyl halides is 3. The van der Waals surface area contributed by atoms with E-state index in [0.29, 0.717) is 19.4 Å². The van der Waals surface area contributed by atoms with E-state index in [2.05, 4.69) is 16.1 Å². The molecular weight excluding hydrogens is 499 g/mol. The molecule has 13 heteroatoms. The Morgan fingerprint density at radius 3 is 2.27 bits per heavy atom. The molecule has 0 aromatic heterocycles. The maximum absolute atomic E-state index is 12.8. The van der Waals surface area contributed by atoms with Gasteiger partial charge in [-0.2, -0.15) is 0 Å². The summed E-state index contributed by atoms with van der Waals surface area (Å²) in [6.07, 6.45) is -0.809. The Kier molecular flexibility index (Phi) is 11.5. The highest BCUT2D eigenvalue weighted by atomic mass is 35.6. The van der Waals surface area contributed by atoms with Crippen molar-refractivity contribution in [3.05, 3.63) is 0 Å². The molecule has 0 saturated carbocycles. The molecule has 2 amide bonds. The van der Waals surface area contributed by atoms with Gasteiger partial charge in [0.2, 0.25) is 9.70 Å². The summed E-state index contributed by atoms with van der Waals surface area (Å²) in [5.74, 6) is -1.32. The van der Waals surface area contributed by atoms with Crippen LogP contribution in [0.4, 0.5) is 4.79 Å². The van der Waals surface area contributed by atoms with Gasteiger partial charge in [0.25, 0.3) is 0 Å². The first kappa shape index (κ1) is 30.0. The van der Waals surface area contributed by atoms with Crippen molar-refractivity contribution in [1.29, 1.82) is 0 Å². The molecule has 0 aliphatic carbocycles. The lowest BCUT2D eigenvalue weighted by molar-refractivity contribution is -0.153. The monoisotopic (exact) mass is 532 g/mol. The highest BCUT2D eigenvalue weighted by Gasteiger charge is 2.35. The highest BCUT2D eigenvalue weighted by molar-refractivity contribution is 6.67. The van der Waals surface area contributed by atoms with Gasteiger partial charge in [-0.3, -0.25) is 9.59 Å². The normalized spacial score (nSPS) is 20.5. The predicted molar refractivity (Wildman–Crippen MR) is 126 cm³/mol. The second-order valence-corrected chi connectivity index (χ2v) is 11.8. The first-order valence-corrected chi connectivity index (χ1v) is 11.9. The summed E-state index contributed by atoms with van der Waals surface area (Å²) in [7, 11) is 0. The fourth-order valence-corrected chi connectivity index (χ4v) is 3.22. The first-order chi connectivity index (χ1) is 15.0. The molecule has 1 heterocycles.